The molecule has 2 fully saturated rings. The molecule has 86 valence electrons. The van der Waals surface area contributed by atoms with E-state index in [1.165, 1.54) is 0 Å². The molecule has 0 aromatic heterocycles. The zero-order valence-corrected chi connectivity index (χ0v) is 8.80. The highest BCUT2D eigenvalue weighted by atomic mass is 16.4. The predicted octanol–water partition coefficient (Wildman–Crippen LogP) is 0.195. The number of amides is 1. The van der Waals surface area contributed by atoms with Crippen LogP contribution in [0.3, 0.4) is 0 Å². The Morgan fingerprint density at radius 1 is 1.27 bits per heavy atom. The molecule has 2 rings (SSSR count). The molecule has 1 amide bonds. The molecule has 0 saturated carbocycles. The lowest BCUT2D eigenvalue weighted by Gasteiger charge is -2.39. The first-order chi connectivity index (χ1) is 7.22. The van der Waals surface area contributed by atoms with Gasteiger partial charge in [-0.3, -0.25) is 9.80 Å². The smallest absolute Gasteiger partial charge is 0.407 e. The molecule has 5 heteroatoms. The van der Waals surface area contributed by atoms with Crippen LogP contribution in [0.25, 0.3) is 0 Å². The van der Waals surface area contributed by atoms with Crippen molar-refractivity contribution in [2.45, 2.75) is 31.3 Å². The Hall–Kier alpha value is -0.810. The van der Waals surface area contributed by atoms with E-state index in [0.29, 0.717) is 0 Å². The van der Waals surface area contributed by atoms with Crippen LogP contribution in [0.5, 0.6) is 0 Å². The summed E-state index contributed by atoms with van der Waals surface area (Å²) in [5.74, 6) is 0. The Morgan fingerprint density at radius 3 is 2.33 bits per heavy atom. The summed E-state index contributed by atoms with van der Waals surface area (Å²) in [4.78, 5) is 14.9. The maximum atomic E-state index is 11.0. The molecule has 2 N–H and O–H groups in total. The van der Waals surface area contributed by atoms with E-state index in [2.05, 4.69) is 4.90 Å². The summed E-state index contributed by atoms with van der Waals surface area (Å²) in [7, 11) is 0. The summed E-state index contributed by atoms with van der Waals surface area (Å²) in [5.41, 5.74) is 0. The zero-order chi connectivity index (χ0) is 10.8. The third-order valence-electron chi connectivity index (χ3n) is 3.41. The number of carboxylic acid groups (broad SMARTS) is 1. The monoisotopic (exact) mass is 214 g/mol. The number of carbonyl (C=O) groups is 1. The van der Waals surface area contributed by atoms with Crippen molar-refractivity contribution in [2.24, 2.45) is 0 Å². The van der Waals surface area contributed by atoms with Gasteiger partial charge in [-0.25, -0.2) is 4.79 Å². The summed E-state index contributed by atoms with van der Waals surface area (Å²) in [6.07, 6.45) is 2.00. The van der Waals surface area contributed by atoms with E-state index in [4.69, 9.17) is 10.2 Å². The zero-order valence-electron chi connectivity index (χ0n) is 8.80. The van der Waals surface area contributed by atoms with Crippen LogP contribution < -0.4 is 0 Å². The standard InChI is InChI=1S/C10H18N2O3/c13-5-1-4-11-6-8-2-3-9(7-11)12(8)10(14)15/h8-9,13H,1-7H2,(H,14,15)/t8-,9+. The minimum absolute atomic E-state index is 0.181. The fraction of sp³-hybridized carbons (Fsp3) is 0.900. The second-order valence-corrected chi connectivity index (χ2v) is 4.41. The number of nitrogens with zero attached hydrogens (tertiary/aromatic N) is 2. The summed E-state index contributed by atoms with van der Waals surface area (Å²) < 4.78 is 0. The Bertz CT molecular complexity index is 233. The Kier molecular flexibility index (Phi) is 3.11. The molecule has 2 aliphatic heterocycles. The lowest BCUT2D eigenvalue weighted by molar-refractivity contribution is 0.0596. The van der Waals surface area contributed by atoms with Gasteiger partial charge in [-0.05, 0) is 19.3 Å². The van der Waals surface area contributed by atoms with Crippen LogP contribution in [0.2, 0.25) is 0 Å². The van der Waals surface area contributed by atoms with Crippen molar-refractivity contribution in [1.29, 1.82) is 0 Å². The van der Waals surface area contributed by atoms with Crippen molar-refractivity contribution < 1.29 is 15.0 Å². The van der Waals surface area contributed by atoms with Crippen molar-refractivity contribution in [3.8, 4) is 0 Å². The van der Waals surface area contributed by atoms with Crippen LogP contribution in [0.4, 0.5) is 4.79 Å². The van der Waals surface area contributed by atoms with E-state index in [1.54, 1.807) is 4.90 Å². The third-order valence-corrected chi connectivity index (χ3v) is 3.41. The van der Waals surface area contributed by atoms with Crippen LogP contribution in [0.15, 0.2) is 0 Å². The van der Waals surface area contributed by atoms with Gasteiger partial charge in [0.15, 0.2) is 0 Å². The first-order valence-electron chi connectivity index (χ1n) is 5.57. The van der Waals surface area contributed by atoms with Gasteiger partial charge in [-0.15, -0.1) is 0 Å². The van der Waals surface area contributed by atoms with Gasteiger partial charge < -0.3 is 10.2 Å². The molecule has 0 aromatic carbocycles. The van der Waals surface area contributed by atoms with E-state index < -0.39 is 6.09 Å². The number of aliphatic hydroxyl groups excluding tert-OH is 1. The van der Waals surface area contributed by atoms with E-state index in [-0.39, 0.29) is 18.7 Å². The fourth-order valence-electron chi connectivity index (χ4n) is 2.78. The summed E-state index contributed by atoms with van der Waals surface area (Å²) >= 11 is 0. The average molecular weight is 214 g/mol. The van der Waals surface area contributed by atoms with E-state index in [1.807, 2.05) is 0 Å². The van der Waals surface area contributed by atoms with Crippen molar-refractivity contribution in [1.82, 2.24) is 9.80 Å². The molecule has 15 heavy (non-hydrogen) atoms. The Balaban J connectivity index is 1.93. The van der Waals surface area contributed by atoms with Gasteiger partial charge >= 0.3 is 6.09 Å². The highest BCUT2D eigenvalue weighted by Gasteiger charge is 2.42. The van der Waals surface area contributed by atoms with Gasteiger partial charge in [0.25, 0.3) is 0 Å². The van der Waals surface area contributed by atoms with Gasteiger partial charge in [0.1, 0.15) is 0 Å². The van der Waals surface area contributed by atoms with Crippen LogP contribution in [0, 0.1) is 0 Å². The van der Waals surface area contributed by atoms with Gasteiger partial charge in [-0.2, -0.15) is 0 Å². The van der Waals surface area contributed by atoms with Gasteiger partial charge in [0, 0.05) is 38.3 Å². The molecule has 2 saturated heterocycles. The van der Waals surface area contributed by atoms with Crippen LogP contribution in [0.1, 0.15) is 19.3 Å². The molecular formula is C10H18N2O3. The van der Waals surface area contributed by atoms with Gasteiger partial charge in [-0.1, -0.05) is 0 Å². The fourth-order valence-corrected chi connectivity index (χ4v) is 2.78. The van der Waals surface area contributed by atoms with Crippen molar-refractivity contribution >= 4 is 6.09 Å². The molecule has 0 spiro atoms. The first kappa shape index (κ1) is 10.7. The lowest BCUT2D eigenvalue weighted by Crippen LogP contribution is -2.55. The number of aliphatic hydroxyl groups is 1. The van der Waals surface area contributed by atoms with E-state index in [0.717, 1.165) is 38.9 Å². The molecule has 0 aliphatic carbocycles. The second-order valence-electron chi connectivity index (χ2n) is 4.41. The van der Waals surface area contributed by atoms with Crippen molar-refractivity contribution in [3.05, 3.63) is 0 Å². The van der Waals surface area contributed by atoms with Crippen LogP contribution in [-0.2, 0) is 0 Å². The molecule has 0 aromatic rings. The third kappa shape index (κ3) is 2.08. The van der Waals surface area contributed by atoms with E-state index >= 15 is 0 Å². The normalized spacial score (nSPS) is 30.9. The quantitative estimate of drug-likeness (QED) is 0.704. The molecule has 0 radical (unpaired) electrons. The number of fused-ring (bicyclic) bond motifs is 2. The lowest BCUT2D eigenvalue weighted by atomic mass is 10.2. The number of hydrogen-bond acceptors (Lipinski definition) is 3. The summed E-state index contributed by atoms with van der Waals surface area (Å²) in [6.45, 7) is 2.77. The maximum Gasteiger partial charge on any atom is 0.407 e. The second kappa shape index (κ2) is 4.37. The van der Waals surface area contributed by atoms with Crippen LogP contribution >= 0.6 is 0 Å². The molecule has 2 aliphatic rings. The molecule has 2 bridgehead atoms. The minimum Gasteiger partial charge on any atom is -0.465 e. The number of rotatable bonds is 3. The Morgan fingerprint density at radius 2 is 1.87 bits per heavy atom. The number of hydrogen-bond donors (Lipinski definition) is 2. The molecule has 5 nitrogen and oxygen atoms in total. The average Bonchev–Trinajstić information content (AvgIpc) is 2.48. The SMILES string of the molecule is O=C(O)N1[C@@H]2CC[C@H]1CN(CCCO)C2. The largest absolute Gasteiger partial charge is 0.465 e. The summed E-state index contributed by atoms with van der Waals surface area (Å²) in [6, 6.07) is 0.361. The molecule has 0 unspecified atom stereocenters. The van der Waals surface area contributed by atoms with E-state index in [9.17, 15) is 4.79 Å². The highest BCUT2D eigenvalue weighted by molar-refractivity contribution is 5.66. The number of likely N-dealkylation sites (tertiary alicyclic amines) is 1. The topological polar surface area (TPSA) is 64.0 Å². The predicted molar refractivity (Wildman–Crippen MR) is 54.8 cm³/mol. The number of piperazine rings is 1. The first-order valence-corrected chi connectivity index (χ1v) is 5.57. The molecule has 2 heterocycles. The van der Waals surface area contributed by atoms with Gasteiger partial charge in [0.05, 0.1) is 0 Å². The summed E-state index contributed by atoms with van der Waals surface area (Å²) in [5, 5.41) is 17.8. The Labute approximate surface area is 89.3 Å². The van der Waals surface area contributed by atoms with Crippen molar-refractivity contribution in [3.63, 3.8) is 0 Å². The molecule has 2 atom stereocenters. The van der Waals surface area contributed by atoms with Crippen molar-refractivity contribution in [2.75, 3.05) is 26.2 Å². The minimum atomic E-state index is -0.774. The molecular weight excluding hydrogens is 196 g/mol. The highest BCUT2D eigenvalue weighted by Crippen LogP contribution is 2.29. The maximum absolute atomic E-state index is 11.0. The van der Waals surface area contributed by atoms with Gasteiger partial charge in [0.2, 0.25) is 0 Å². The van der Waals surface area contributed by atoms with Crippen LogP contribution in [-0.4, -0.2) is 64.4 Å².